The van der Waals surface area contributed by atoms with Crippen LogP contribution >= 0.6 is 0 Å². The maximum Gasteiger partial charge on any atom is 0.318 e. The summed E-state index contributed by atoms with van der Waals surface area (Å²) in [7, 11) is 0. The van der Waals surface area contributed by atoms with Crippen molar-refractivity contribution in [3.05, 3.63) is 47.7 Å². The van der Waals surface area contributed by atoms with Gasteiger partial charge < -0.3 is 14.9 Å². The molecule has 25 heavy (non-hydrogen) atoms. The molecule has 132 valence electrons. The lowest BCUT2D eigenvalue weighted by Gasteiger charge is -2.34. The molecule has 0 aliphatic carbocycles. The smallest absolute Gasteiger partial charge is 0.318 e. The molecule has 1 aromatic carbocycles. The van der Waals surface area contributed by atoms with E-state index in [1.54, 1.807) is 6.08 Å². The van der Waals surface area contributed by atoms with E-state index >= 15 is 0 Å². The zero-order valence-corrected chi connectivity index (χ0v) is 14.2. The summed E-state index contributed by atoms with van der Waals surface area (Å²) < 4.78 is 5.04. The zero-order chi connectivity index (χ0) is 18.4. The van der Waals surface area contributed by atoms with E-state index in [-0.39, 0.29) is 13.2 Å². The van der Waals surface area contributed by atoms with Gasteiger partial charge in [-0.1, -0.05) is 37.3 Å². The molecule has 2 heterocycles. The molecule has 6 heteroatoms. The molecule has 0 unspecified atom stereocenters. The van der Waals surface area contributed by atoms with E-state index in [0.29, 0.717) is 0 Å². The third-order valence-corrected chi connectivity index (χ3v) is 3.88. The minimum absolute atomic E-state index is 0.241. The van der Waals surface area contributed by atoms with E-state index in [1.165, 1.54) is 0 Å². The molecule has 1 aromatic heterocycles. The van der Waals surface area contributed by atoms with Crippen molar-refractivity contribution in [2.75, 3.05) is 13.2 Å². The number of benzene rings is 1. The van der Waals surface area contributed by atoms with Crippen LogP contribution in [0.1, 0.15) is 25.1 Å². The first-order chi connectivity index (χ1) is 11.9. The van der Waals surface area contributed by atoms with E-state index in [9.17, 15) is 9.90 Å². The lowest BCUT2D eigenvalue weighted by molar-refractivity contribution is -0.169. The van der Waals surface area contributed by atoms with Crippen molar-refractivity contribution >= 4 is 28.9 Å². The number of hydrogen-bond acceptors (Lipinski definition) is 4. The van der Waals surface area contributed by atoms with Crippen molar-refractivity contribution < 1.29 is 24.5 Å². The van der Waals surface area contributed by atoms with Crippen LogP contribution in [0.3, 0.4) is 0 Å². The molecule has 0 spiro atoms. The van der Waals surface area contributed by atoms with Crippen LogP contribution in [0.5, 0.6) is 0 Å². The minimum atomic E-state index is -0.867. The number of aromatic nitrogens is 1. The van der Waals surface area contributed by atoms with Crippen LogP contribution in [0, 0.1) is 5.41 Å². The topological polar surface area (TPSA) is 96.7 Å². The van der Waals surface area contributed by atoms with E-state index < -0.39 is 17.4 Å². The van der Waals surface area contributed by atoms with Crippen molar-refractivity contribution in [2.45, 2.75) is 20.3 Å². The van der Waals surface area contributed by atoms with Gasteiger partial charge in [0.1, 0.15) is 5.41 Å². The van der Waals surface area contributed by atoms with E-state index in [1.807, 2.05) is 30.3 Å². The van der Waals surface area contributed by atoms with Gasteiger partial charge in [-0.05, 0) is 24.1 Å². The third kappa shape index (κ3) is 4.64. The van der Waals surface area contributed by atoms with Crippen LogP contribution in [0.15, 0.2) is 36.4 Å². The Kier molecular flexibility index (Phi) is 5.88. The number of carbonyl (C=O) groups is 2. The first-order valence-corrected chi connectivity index (χ1v) is 7.96. The maximum atomic E-state index is 11.3. The fourth-order valence-corrected chi connectivity index (χ4v) is 2.35. The molecule has 0 radical (unpaired) electrons. The molecule has 1 saturated heterocycles. The van der Waals surface area contributed by atoms with E-state index in [4.69, 9.17) is 14.6 Å². The second kappa shape index (κ2) is 7.90. The van der Waals surface area contributed by atoms with Gasteiger partial charge in [0.2, 0.25) is 0 Å². The number of aryl methyl sites for hydroxylation is 1. The number of rotatable bonds is 4. The molecule has 1 fully saturated rings. The predicted molar refractivity (Wildman–Crippen MR) is 94.4 cm³/mol. The van der Waals surface area contributed by atoms with Gasteiger partial charge in [-0.2, -0.15) is 0 Å². The second-order valence-electron chi connectivity index (χ2n) is 5.91. The Bertz CT molecular complexity index is 805. The van der Waals surface area contributed by atoms with Crippen LogP contribution < -0.4 is 0 Å². The molecular formula is C19H21NO5. The molecule has 1 aliphatic heterocycles. The summed E-state index contributed by atoms with van der Waals surface area (Å²) in [6.07, 6.45) is 4.47. The first kappa shape index (κ1) is 18.6. The monoisotopic (exact) mass is 343 g/mol. The number of nitrogens with zero attached hydrogens (tertiary/aromatic N) is 1. The highest BCUT2D eigenvalue weighted by Gasteiger charge is 2.43. The Balaban J connectivity index is 0.000000511. The quantitative estimate of drug-likeness (QED) is 0.886. The van der Waals surface area contributed by atoms with Crippen LogP contribution in [0.2, 0.25) is 0 Å². The van der Waals surface area contributed by atoms with Crippen LogP contribution in [0.25, 0.3) is 17.0 Å². The van der Waals surface area contributed by atoms with E-state index in [2.05, 4.69) is 18.0 Å². The van der Waals surface area contributed by atoms with Crippen molar-refractivity contribution in [1.29, 1.82) is 0 Å². The van der Waals surface area contributed by atoms with Crippen molar-refractivity contribution in [2.24, 2.45) is 5.41 Å². The van der Waals surface area contributed by atoms with Gasteiger partial charge in [-0.3, -0.25) is 14.6 Å². The van der Waals surface area contributed by atoms with Crippen LogP contribution in [0.4, 0.5) is 0 Å². The zero-order valence-electron chi connectivity index (χ0n) is 14.2. The minimum Gasteiger partial charge on any atom is -0.481 e. The highest BCUT2D eigenvalue weighted by molar-refractivity contribution is 5.83. The fraction of sp³-hybridized carbons (Fsp3) is 0.316. The largest absolute Gasteiger partial charge is 0.481 e. The van der Waals surface area contributed by atoms with Gasteiger partial charge in [0.25, 0.3) is 5.97 Å². The number of carboxylic acids is 2. The Morgan fingerprint density at radius 1 is 1.24 bits per heavy atom. The van der Waals surface area contributed by atoms with Crippen LogP contribution in [-0.4, -0.2) is 40.3 Å². The van der Waals surface area contributed by atoms with Gasteiger partial charge in [-0.15, -0.1) is 0 Å². The van der Waals surface area contributed by atoms with Crippen LogP contribution in [-0.2, 0) is 20.7 Å². The Labute approximate surface area is 145 Å². The number of ether oxygens (including phenoxy) is 1. The Morgan fingerprint density at radius 2 is 1.88 bits per heavy atom. The number of hydrogen-bond donors (Lipinski definition) is 2. The number of fused-ring (bicyclic) bond motifs is 1. The third-order valence-electron chi connectivity index (χ3n) is 3.88. The van der Waals surface area contributed by atoms with Crippen molar-refractivity contribution in [3.8, 4) is 0 Å². The molecule has 6 nitrogen and oxygen atoms in total. The summed E-state index contributed by atoms with van der Waals surface area (Å²) in [5.41, 5.74) is 2.08. The standard InChI is InChI=1S/C17H17NO3.C2H4O2/c1-2-14-6-5-13-4-3-12(9-15(13)18-14)7-8-17(16(19)20)10-21-11-17;1-2(3)4/h3-9H,2,10-11H2,1H3,(H,19,20);1H3,(H,3,4)/b8-7+;. The average Bonchev–Trinajstić information content (AvgIpc) is 2.52. The SMILES string of the molecule is CC(=O)O.CCc1ccc2ccc(/C=C/C3(C(=O)O)COC3)cc2n1. The molecule has 3 rings (SSSR count). The normalized spacial score (nSPS) is 15.3. The van der Waals surface area contributed by atoms with Crippen molar-refractivity contribution in [1.82, 2.24) is 4.98 Å². The summed E-state index contributed by atoms with van der Waals surface area (Å²) >= 11 is 0. The highest BCUT2D eigenvalue weighted by Crippen LogP contribution is 2.30. The summed E-state index contributed by atoms with van der Waals surface area (Å²) in [5, 5.41) is 17.8. The molecule has 0 bridgehead atoms. The molecule has 0 atom stereocenters. The predicted octanol–water partition coefficient (Wildman–Crippen LogP) is 3.00. The summed E-state index contributed by atoms with van der Waals surface area (Å²) in [6.45, 7) is 3.64. The highest BCUT2D eigenvalue weighted by atomic mass is 16.5. The van der Waals surface area contributed by atoms with Gasteiger partial charge in [0.05, 0.1) is 18.7 Å². The second-order valence-corrected chi connectivity index (χ2v) is 5.91. The fourth-order valence-electron chi connectivity index (χ4n) is 2.35. The summed E-state index contributed by atoms with van der Waals surface area (Å²) in [5.74, 6) is -1.67. The molecule has 0 amide bonds. The number of pyridine rings is 1. The van der Waals surface area contributed by atoms with Gasteiger partial charge in [0, 0.05) is 18.0 Å². The molecule has 1 aliphatic rings. The average molecular weight is 343 g/mol. The lowest BCUT2D eigenvalue weighted by atomic mass is 9.85. The number of carboxylic acid groups (broad SMARTS) is 2. The Morgan fingerprint density at radius 3 is 2.40 bits per heavy atom. The summed E-state index contributed by atoms with van der Waals surface area (Å²) in [4.78, 5) is 24.9. The molecule has 2 N–H and O–H groups in total. The Hall–Kier alpha value is -2.73. The summed E-state index contributed by atoms with van der Waals surface area (Å²) in [6, 6.07) is 10.1. The van der Waals surface area contributed by atoms with Crippen molar-refractivity contribution in [3.63, 3.8) is 0 Å². The maximum absolute atomic E-state index is 11.3. The number of aliphatic carboxylic acids is 2. The first-order valence-electron chi connectivity index (χ1n) is 7.96. The molecule has 2 aromatic rings. The lowest BCUT2D eigenvalue weighted by Crippen LogP contribution is -2.47. The van der Waals surface area contributed by atoms with Gasteiger partial charge in [0.15, 0.2) is 0 Å². The van der Waals surface area contributed by atoms with E-state index in [0.717, 1.165) is 35.5 Å². The molecular weight excluding hydrogens is 322 g/mol. The van der Waals surface area contributed by atoms with Gasteiger partial charge >= 0.3 is 5.97 Å². The van der Waals surface area contributed by atoms with Gasteiger partial charge in [-0.25, -0.2) is 0 Å². The molecule has 0 saturated carbocycles.